The summed E-state index contributed by atoms with van der Waals surface area (Å²) in [6, 6.07) is 7.53. The Labute approximate surface area is 153 Å². The zero-order valence-electron chi connectivity index (χ0n) is 15.3. The third kappa shape index (κ3) is 4.07. The van der Waals surface area contributed by atoms with Crippen LogP contribution in [-0.4, -0.2) is 37.2 Å². The van der Waals surface area contributed by atoms with Gasteiger partial charge in [-0.25, -0.2) is 4.79 Å². The van der Waals surface area contributed by atoms with Crippen molar-refractivity contribution in [2.24, 2.45) is 5.92 Å². The van der Waals surface area contributed by atoms with Gasteiger partial charge in [-0.1, -0.05) is 12.1 Å². The predicted octanol–water partition coefficient (Wildman–Crippen LogP) is 2.93. The first-order chi connectivity index (χ1) is 12.5. The molecule has 4 atom stereocenters. The first kappa shape index (κ1) is 18.5. The van der Waals surface area contributed by atoms with Crippen LogP contribution in [0.4, 0.5) is 0 Å². The minimum absolute atomic E-state index is 0.0396. The van der Waals surface area contributed by atoms with Crippen LogP contribution in [0.3, 0.4) is 0 Å². The molecular formula is C20H24O6. The molecule has 4 unspecified atom stereocenters. The van der Waals surface area contributed by atoms with Crippen molar-refractivity contribution in [2.75, 3.05) is 7.11 Å². The number of carbonyl (C=O) groups is 2. The van der Waals surface area contributed by atoms with E-state index < -0.39 is 12.1 Å². The second-order valence-electron chi connectivity index (χ2n) is 6.78. The molecule has 3 rings (SSSR count). The lowest BCUT2D eigenvalue weighted by atomic mass is 9.80. The van der Waals surface area contributed by atoms with Crippen molar-refractivity contribution >= 4 is 11.8 Å². The van der Waals surface area contributed by atoms with Crippen molar-refractivity contribution in [3.05, 3.63) is 41.9 Å². The number of ketones is 1. The SMILES string of the molecule is COC(=O)C(C)OC1CCC2C(=O)C(Oc3cccc(C)c3)=COC2C1. The van der Waals surface area contributed by atoms with E-state index in [1.165, 1.54) is 13.4 Å². The molecule has 1 aliphatic carbocycles. The standard InChI is InChI=1S/C20H24O6/c1-12-5-4-6-14(9-12)26-18-11-24-17-10-15(7-8-16(17)19(18)21)25-13(2)20(22)23-3/h4-6,9,11,13,15-17H,7-8,10H2,1-3H3. The van der Waals surface area contributed by atoms with Crippen molar-refractivity contribution in [3.63, 3.8) is 0 Å². The van der Waals surface area contributed by atoms with E-state index in [-0.39, 0.29) is 29.7 Å². The van der Waals surface area contributed by atoms with Gasteiger partial charge in [-0.05, 0) is 44.4 Å². The monoisotopic (exact) mass is 360 g/mol. The number of ether oxygens (including phenoxy) is 4. The minimum atomic E-state index is -0.628. The van der Waals surface area contributed by atoms with Gasteiger partial charge < -0.3 is 18.9 Å². The summed E-state index contributed by atoms with van der Waals surface area (Å²) in [5.41, 5.74) is 1.06. The van der Waals surface area contributed by atoms with E-state index in [1.807, 2.05) is 31.2 Å². The molecule has 1 aliphatic heterocycles. The Bertz CT molecular complexity index is 710. The van der Waals surface area contributed by atoms with Gasteiger partial charge in [-0.15, -0.1) is 0 Å². The fraction of sp³-hybridized carbons (Fsp3) is 0.500. The average Bonchev–Trinajstić information content (AvgIpc) is 2.63. The van der Waals surface area contributed by atoms with Gasteiger partial charge in [0.15, 0.2) is 6.10 Å². The van der Waals surface area contributed by atoms with Crippen LogP contribution < -0.4 is 4.74 Å². The number of fused-ring (bicyclic) bond motifs is 1. The van der Waals surface area contributed by atoms with Gasteiger partial charge in [-0.3, -0.25) is 4.79 Å². The van der Waals surface area contributed by atoms with Crippen LogP contribution in [0.2, 0.25) is 0 Å². The summed E-state index contributed by atoms with van der Waals surface area (Å²) < 4.78 is 21.9. The van der Waals surface area contributed by atoms with Crippen molar-refractivity contribution in [1.82, 2.24) is 0 Å². The molecule has 0 aromatic heterocycles. The average molecular weight is 360 g/mol. The van der Waals surface area contributed by atoms with Gasteiger partial charge in [0.1, 0.15) is 18.1 Å². The Morgan fingerprint density at radius 3 is 2.85 bits per heavy atom. The molecule has 0 amide bonds. The molecule has 1 heterocycles. The van der Waals surface area contributed by atoms with Crippen LogP contribution in [0.1, 0.15) is 31.7 Å². The van der Waals surface area contributed by atoms with Crippen molar-refractivity contribution in [3.8, 4) is 5.75 Å². The number of hydrogen-bond acceptors (Lipinski definition) is 6. The molecule has 0 N–H and O–H groups in total. The Hall–Kier alpha value is -2.34. The highest BCUT2D eigenvalue weighted by Crippen LogP contribution is 2.35. The Morgan fingerprint density at radius 1 is 1.31 bits per heavy atom. The number of hydrogen-bond donors (Lipinski definition) is 0. The summed E-state index contributed by atoms with van der Waals surface area (Å²) in [6.45, 7) is 3.63. The molecular weight excluding hydrogens is 336 g/mol. The van der Waals surface area contributed by atoms with E-state index in [9.17, 15) is 9.59 Å². The first-order valence-corrected chi connectivity index (χ1v) is 8.85. The number of Topliss-reactive ketones (excluding diaryl/α,β-unsaturated/α-hetero) is 1. The molecule has 1 aromatic carbocycles. The van der Waals surface area contributed by atoms with Crippen LogP contribution in [0, 0.1) is 12.8 Å². The second kappa shape index (κ2) is 7.91. The van der Waals surface area contributed by atoms with Crippen molar-refractivity contribution in [1.29, 1.82) is 0 Å². The molecule has 0 radical (unpaired) electrons. The second-order valence-corrected chi connectivity index (χ2v) is 6.78. The lowest BCUT2D eigenvalue weighted by Gasteiger charge is -2.37. The Morgan fingerprint density at radius 2 is 2.12 bits per heavy atom. The molecule has 1 aromatic rings. The summed E-state index contributed by atoms with van der Waals surface area (Å²) in [5, 5.41) is 0. The largest absolute Gasteiger partial charge is 0.493 e. The van der Waals surface area contributed by atoms with Crippen LogP contribution in [0.25, 0.3) is 0 Å². The Balaban J connectivity index is 1.62. The lowest BCUT2D eigenvalue weighted by Crippen LogP contribution is -2.43. The molecule has 6 nitrogen and oxygen atoms in total. The third-order valence-electron chi connectivity index (χ3n) is 4.82. The number of methoxy groups -OCH3 is 1. The highest BCUT2D eigenvalue weighted by molar-refractivity contribution is 5.96. The smallest absolute Gasteiger partial charge is 0.334 e. The first-order valence-electron chi connectivity index (χ1n) is 8.85. The van der Waals surface area contributed by atoms with Crippen LogP contribution in [-0.2, 0) is 23.8 Å². The molecule has 2 aliphatic rings. The fourth-order valence-electron chi connectivity index (χ4n) is 3.45. The molecule has 6 heteroatoms. The predicted molar refractivity (Wildman–Crippen MR) is 93.5 cm³/mol. The zero-order chi connectivity index (χ0) is 18.7. The normalized spacial score (nSPS) is 26.2. The number of benzene rings is 1. The maximum absolute atomic E-state index is 12.7. The van der Waals surface area contributed by atoms with Gasteiger partial charge in [-0.2, -0.15) is 0 Å². The number of allylic oxidation sites excluding steroid dienone is 1. The fourth-order valence-corrected chi connectivity index (χ4v) is 3.45. The Kier molecular flexibility index (Phi) is 5.61. The third-order valence-corrected chi connectivity index (χ3v) is 4.82. The number of carbonyl (C=O) groups excluding carboxylic acids is 2. The van der Waals surface area contributed by atoms with E-state index >= 15 is 0 Å². The van der Waals surface area contributed by atoms with Crippen LogP contribution in [0.5, 0.6) is 5.75 Å². The van der Waals surface area contributed by atoms with E-state index in [0.29, 0.717) is 25.0 Å². The van der Waals surface area contributed by atoms with Gasteiger partial charge in [0.2, 0.25) is 11.5 Å². The lowest BCUT2D eigenvalue weighted by molar-refractivity contribution is -0.161. The molecule has 0 saturated heterocycles. The van der Waals surface area contributed by atoms with Crippen molar-refractivity contribution < 1.29 is 28.5 Å². The number of esters is 1. The molecule has 140 valence electrons. The minimum Gasteiger partial charge on any atom is -0.493 e. The van der Waals surface area contributed by atoms with E-state index in [4.69, 9.17) is 14.2 Å². The highest BCUT2D eigenvalue weighted by atomic mass is 16.6. The van der Waals surface area contributed by atoms with E-state index in [2.05, 4.69) is 4.74 Å². The summed E-state index contributed by atoms with van der Waals surface area (Å²) in [7, 11) is 1.34. The summed E-state index contributed by atoms with van der Waals surface area (Å²) in [6.07, 6.45) is 2.27. The quantitative estimate of drug-likeness (QED) is 0.752. The molecule has 0 bridgehead atoms. The summed E-state index contributed by atoms with van der Waals surface area (Å²) in [5.74, 6) is 0.173. The molecule has 1 saturated carbocycles. The zero-order valence-corrected chi connectivity index (χ0v) is 15.3. The summed E-state index contributed by atoms with van der Waals surface area (Å²) >= 11 is 0. The number of rotatable bonds is 5. The van der Waals surface area contributed by atoms with Gasteiger partial charge in [0, 0.05) is 6.42 Å². The van der Waals surface area contributed by atoms with Gasteiger partial charge in [0.25, 0.3) is 0 Å². The van der Waals surface area contributed by atoms with Gasteiger partial charge >= 0.3 is 5.97 Å². The molecule has 26 heavy (non-hydrogen) atoms. The van der Waals surface area contributed by atoms with Crippen LogP contribution >= 0.6 is 0 Å². The molecule has 1 fully saturated rings. The summed E-state index contributed by atoms with van der Waals surface area (Å²) in [4.78, 5) is 24.2. The maximum atomic E-state index is 12.7. The highest BCUT2D eigenvalue weighted by Gasteiger charge is 2.42. The maximum Gasteiger partial charge on any atom is 0.334 e. The van der Waals surface area contributed by atoms with E-state index in [0.717, 1.165) is 5.56 Å². The molecule has 0 spiro atoms. The van der Waals surface area contributed by atoms with E-state index in [1.54, 1.807) is 6.92 Å². The van der Waals surface area contributed by atoms with Gasteiger partial charge in [0.05, 0.1) is 19.1 Å². The van der Waals surface area contributed by atoms with Crippen LogP contribution in [0.15, 0.2) is 36.3 Å². The van der Waals surface area contributed by atoms with Crippen molar-refractivity contribution in [2.45, 2.75) is 51.4 Å². The number of aryl methyl sites for hydroxylation is 1. The topological polar surface area (TPSA) is 71.1 Å².